The highest BCUT2D eigenvalue weighted by Gasteiger charge is 2.27. The van der Waals surface area contributed by atoms with E-state index in [-0.39, 0.29) is 5.91 Å². The van der Waals surface area contributed by atoms with Gasteiger partial charge < -0.3 is 9.64 Å². The summed E-state index contributed by atoms with van der Waals surface area (Å²) < 4.78 is 5.31. The Morgan fingerprint density at radius 1 is 1.26 bits per heavy atom. The number of likely N-dealkylation sites (tertiary alicyclic amines) is 1. The highest BCUT2D eigenvalue weighted by Crippen LogP contribution is 2.33. The normalized spacial score (nSPS) is 15.7. The molecule has 4 nitrogen and oxygen atoms in total. The van der Waals surface area contributed by atoms with Crippen molar-refractivity contribution in [2.75, 3.05) is 20.2 Å². The molecule has 0 saturated carbocycles. The van der Waals surface area contributed by atoms with E-state index in [4.69, 9.17) is 4.74 Å². The summed E-state index contributed by atoms with van der Waals surface area (Å²) in [6.07, 6.45) is 1.96. The molecule has 0 radical (unpaired) electrons. The minimum atomic E-state index is 0.0624. The molecule has 1 amide bonds. The number of aromatic nitrogens is 1. The number of aryl methyl sites for hydroxylation is 2. The van der Waals surface area contributed by atoms with Crippen molar-refractivity contribution in [3.05, 3.63) is 45.4 Å². The second-order valence-electron chi connectivity index (χ2n) is 5.96. The number of methoxy groups -OCH3 is 1. The van der Waals surface area contributed by atoms with Gasteiger partial charge in [0.05, 0.1) is 23.4 Å². The van der Waals surface area contributed by atoms with Gasteiger partial charge in [-0.1, -0.05) is 12.1 Å². The molecule has 3 rings (SSSR count). The number of nitrogens with zero attached hydrogens (tertiary/aromatic N) is 2. The number of ether oxygens (including phenoxy) is 1. The number of amides is 1. The van der Waals surface area contributed by atoms with Crippen molar-refractivity contribution >= 4 is 17.2 Å². The molecule has 0 spiro atoms. The second-order valence-corrected chi connectivity index (χ2v) is 7.20. The van der Waals surface area contributed by atoms with E-state index in [1.807, 2.05) is 29.2 Å². The van der Waals surface area contributed by atoms with Crippen molar-refractivity contribution in [1.82, 2.24) is 9.88 Å². The Hall–Kier alpha value is -1.88. The average Bonchev–Trinajstić information content (AvgIpc) is 2.93. The lowest BCUT2D eigenvalue weighted by Crippen LogP contribution is -2.38. The average molecular weight is 330 g/mol. The number of hydrogen-bond acceptors (Lipinski definition) is 4. The number of hydrogen-bond donors (Lipinski definition) is 0. The number of para-hydroxylation sites is 1. The zero-order valence-corrected chi connectivity index (χ0v) is 14.7. The molecular weight excluding hydrogens is 308 g/mol. The molecule has 1 aliphatic heterocycles. The van der Waals surface area contributed by atoms with Crippen molar-refractivity contribution in [2.24, 2.45) is 0 Å². The van der Waals surface area contributed by atoms with E-state index in [0.29, 0.717) is 17.2 Å². The van der Waals surface area contributed by atoms with E-state index in [0.717, 1.165) is 31.6 Å². The van der Waals surface area contributed by atoms with Crippen LogP contribution >= 0.6 is 11.3 Å². The molecule has 1 aromatic heterocycles. The van der Waals surface area contributed by atoms with Crippen molar-refractivity contribution in [2.45, 2.75) is 32.6 Å². The van der Waals surface area contributed by atoms with Crippen molar-refractivity contribution in [3.8, 4) is 5.75 Å². The number of benzene rings is 1. The Morgan fingerprint density at radius 3 is 2.57 bits per heavy atom. The Bertz CT molecular complexity index is 683. The molecule has 1 fully saturated rings. The quantitative estimate of drug-likeness (QED) is 0.860. The summed E-state index contributed by atoms with van der Waals surface area (Å²) in [5.41, 5.74) is 1.78. The summed E-state index contributed by atoms with van der Waals surface area (Å²) in [5.74, 6) is 1.19. The SMILES string of the molecule is COc1ccccc1C(=O)N1CCC(c2nc(C)c(C)s2)CC1. The maximum Gasteiger partial charge on any atom is 0.257 e. The largest absolute Gasteiger partial charge is 0.496 e. The van der Waals surface area contributed by atoms with Gasteiger partial charge in [-0.3, -0.25) is 4.79 Å². The van der Waals surface area contributed by atoms with Gasteiger partial charge in [0.15, 0.2) is 0 Å². The lowest BCUT2D eigenvalue weighted by molar-refractivity contribution is 0.0709. The number of carbonyl (C=O) groups excluding carboxylic acids is 1. The van der Waals surface area contributed by atoms with E-state index in [2.05, 4.69) is 18.8 Å². The summed E-state index contributed by atoms with van der Waals surface area (Å²) in [5, 5.41) is 1.23. The topological polar surface area (TPSA) is 42.4 Å². The zero-order valence-electron chi connectivity index (χ0n) is 13.8. The molecule has 23 heavy (non-hydrogen) atoms. The Morgan fingerprint density at radius 2 is 1.96 bits per heavy atom. The lowest BCUT2D eigenvalue weighted by atomic mass is 9.97. The van der Waals surface area contributed by atoms with E-state index in [1.54, 1.807) is 18.4 Å². The van der Waals surface area contributed by atoms with Gasteiger partial charge in [0.2, 0.25) is 0 Å². The molecule has 2 heterocycles. The minimum Gasteiger partial charge on any atom is -0.496 e. The van der Waals surface area contributed by atoms with Crippen LogP contribution in [0.1, 0.15) is 44.7 Å². The summed E-state index contributed by atoms with van der Waals surface area (Å²) in [7, 11) is 1.60. The van der Waals surface area contributed by atoms with Crippen molar-refractivity contribution in [1.29, 1.82) is 0 Å². The van der Waals surface area contributed by atoms with Crippen LogP contribution in [0, 0.1) is 13.8 Å². The smallest absolute Gasteiger partial charge is 0.257 e. The molecule has 1 aliphatic rings. The number of thiazole rings is 1. The van der Waals surface area contributed by atoms with Gasteiger partial charge in [-0.2, -0.15) is 0 Å². The Kier molecular flexibility index (Phi) is 4.66. The summed E-state index contributed by atoms with van der Waals surface area (Å²) >= 11 is 1.80. The first-order valence-corrected chi connectivity index (χ1v) is 8.78. The van der Waals surface area contributed by atoms with E-state index >= 15 is 0 Å². The van der Waals surface area contributed by atoms with Crippen LogP contribution < -0.4 is 4.74 Å². The molecular formula is C18H22N2O2S. The maximum absolute atomic E-state index is 12.7. The number of rotatable bonds is 3. The van der Waals surface area contributed by atoms with Crippen molar-refractivity contribution in [3.63, 3.8) is 0 Å². The van der Waals surface area contributed by atoms with E-state index in [9.17, 15) is 4.79 Å². The van der Waals surface area contributed by atoms with Crippen LogP contribution in [0.25, 0.3) is 0 Å². The van der Waals surface area contributed by atoms with Crippen LogP contribution in [-0.2, 0) is 0 Å². The van der Waals surface area contributed by atoms with Crippen LogP contribution in [0.2, 0.25) is 0 Å². The van der Waals surface area contributed by atoms with Gasteiger partial charge in [-0.25, -0.2) is 4.98 Å². The maximum atomic E-state index is 12.7. The van der Waals surface area contributed by atoms with Gasteiger partial charge in [-0.15, -0.1) is 11.3 Å². The molecule has 5 heteroatoms. The molecule has 0 atom stereocenters. The highest BCUT2D eigenvalue weighted by atomic mass is 32.1. The molecule has 1 saturated heterocycles. The fraction of sp³-hybridized carbons (Fsp3) is 0.444. The molecule has 0 unspecified atom stereocenters. The number of carbonyl (C=O) groups is 1. The predicted molar refractivity (Wildman–Crippen MR) is 92.5 cm³/mol. The van der Waals surface area contributed by atoms with Gasteiger partial charge in [0.25, 0.3) is 5.91 Å². The Balaban J connectivity index is 1.68. The summed E-state index contributed by atoms with van der Waals surface area (Å²) in [4.78, 5) is 20.6. The molecule has 122 valence electrons. The zero-order chi connectivity index (χ0) is 16.4. The first-order valence-electron chi connectivity index (χ1n) is 7.96. The lowest BCUT2D eigenvalue weighted by Gasteiger charge is -2.31. The molecule has 1 aromatic carbocycles. The highest BCUT2D eigenvalue weighted by molar-refractivity contribution is 7.11. The van der Waals surface area contributed by atoms with Crippen LogP contribution in [0.15, 0.2) is 24.3 Å². The van der Waals surface area contributed by atoms with Crippen molar-refractivity contribution < 1.29 is 9.53 Å². The predicted octanol–water partition coefficient (Wildman–Crippen LogP) is 3.79. The fourth-order valence-electron chi connectivity index (χ4n) is 2.99. The van der Waals surface area contributed by atoms with Gasteiger partial charge in [0.1, 0.15) is 5.75 Å². The van der Waals surface area contributed by atoms with Crippen LogP contribution in [0.5, 0.6) is 5.75 Å². The minimum absolute atomic E-state index is 0.0624. The van der Waals surface area contributed by atoms with Gasteiger partial charge in [-0.05, 0) is 38.8 Å². The van der Waals surface area contributed by atoms with Gasteiger partial charge in [0, 0.05) is 23.9 Å². The molecule has 0 N–H and O–H groups in total. The fourth-order valence-corrected chi connectivity index (χ4v) is 4.09. The standard InChI is InChI=1S/C18H22N2O2S/c1-12-13(2)23-17(19-12)14-8-10-20(11-9-14)18(21)15-6-4-5-7-16(15)22-3/h4-7,14H,8-11H2,1-3H3. The summed E-state index contributed by atoms with van der Waals surface area (Å²) in [6.45, 7) is 5.74. The first-order chi connectivity index (χ1) is 11.1. The third-order valence-electron chi connectivity index (χ3n) is 4.51. The summed E-state index contributed by atoms with van der Waals surface area (Å²) in [6, 6.07) is 7.43. The second kappa shape index (κ2) is 6.71. The third-order valence-corrected chi connectivity index (χ3v) is 5.75. The van der Waals surface area contributed by atoms with E-state index in [1.165, 1.54) is 9.88 Å². The Labute approximate surface area is 141 Å². The molecule has 0 aliphatic carbocycles. The molecule has 0 bridgehead atoms. The van der Waals surface area contributed by atoms with Gasteiger partial charge >= 0.3 is 0 Å². The van der Waals surface area contributed by atoms with Crippen LogP contribution in [0.3, 0.4) is 0 Å². The molecule has 2 aromatic rings. The third kappa shape index (κ3) is 3.24. The number of piperidine rings is 1. The monoisotopic (exact) mass is 330 g/mol. The van der Waals surface area contributed by atoms with Crippen LogP contribution in [-0.4, -0.2) is 36.0 Å². The van der Waals surface area contributed by atoms with E-state index < -0.39 is 0 Å². The van der Waals surface area contributed by atoms with Crippen LogP contribution in [0.4, 0.5) is 0 Å². The first kappa shape index (κ1) is 16.0.